The maximum atomic E-state index is 11.8. The molecule has 0 spiro atoms. The molecule has 2 rings (SSSR count). The van der Waals surface area contributed by atoms with Gasteiger partial charge in [-0.25, -0.2) is 0 Å². The van der Waals surface area contributed by atoms with Crippen LogP contribution in [-0.4, -0.2) is 10.9 Å². The van der Waals surface area contributed by atoms with Crippen LogP contribution < -0.4 is 5.32 Å². The molecule has 3 nitrogen and oxygen atoms in total. The molecule has 1 aromatic rings. The van der Waals surface area contributed by atoms with Crippen LogP contribution in [0.3, 0.4) is 0 Å². The molecule has 4 heteroatoms. The predicted octanol–water partition coefficient (Wildman–Crippen LogP) is 2.75. The fourth-order valence-electron chi connectivity index (χ4n) is 1.54. The molecular formula is C11H11BrN2O. The molecule has 1 N–H and O–H groups in total. The lowest BCUT2D eigenvalue weighted by Crippen LogP contribution is -2.20. The quantitative estimate of drug-likeness (QED) is 0.837. The molecule has 78 valence electrons. The SMILES string of the molecule is O=C(Nc1ccncc1Br)C1CC=CC1. The maximum absolute atomic E-state index is 11.8. The third kappa shape index (κ3) is 2.45. The average Bonchev–Trinajstić information content (AvgIpc) is 2.74. The van der Waals surface area contributed by atoms with Gasteiger partial charge in [0.1, 0.15) is 0 Å². The smallest absolute Gasteiger partial charge is 0.228 e. The Hall–Kier alpha value is -1.16. The molecule has 0 bridgehead atoms. The molecule has 0 saturated carbocycles. The van der Waals surface area contributed by atoms with Crippen molar-refractivity contribution < 1.29 is 4.79 Å². The van der Waals surface area contributed by atoms with Crippen LogP contribution >= 0.6 is 15.9 Å². The zero-order valence-electron chi connectivity index (χ0n) is 8.11. The topological polar surface area (TPSA) is 42.0 Å². The molecule has 1 aliphatic carbocycles. The minimum atomic E-state index is 0.0758. The number of aromatic nitrogens is 1. The van der Waals surface area contributed by atoms with Crippen LogP contribution in [0.1, 0.15) is 12.8 Å². The lowest BCUT2D eigenvalue weighted by Gasteiger charge is -2.11. The van der Waals surface area contributed by atoms with Crippen molar-refractivity contribution in [3.63, 3.8) is 0 Å². The molecule has 1 aliphatic rings. The Kier molecular flexibility index (Phi) is 3.16. The highest BCUT2D eigenvalue weighted by molar-refractivity contribution is 9.10. The molecule has 0 aromatic carbocycles. The van der Waals surface area contributed by atoms with E-state index < -0.39 is 0 Å². The number of carbonyl (C=O) groups excluding carboxylic acids is 1. The van der Waals surface area contributed by atoms with Crippen LogP contribution in [0.2, 0.25) is 0 Å². The fourth-order valence-corrected chi connectivity index (χ4v) is 1.89. The number of halogens is 1. The fraction of sp³-hybridized carbons (Fsp3) is 0.273. The van der Waals surface area contributed by atoms with Gasteiger partial charge in [-0.1, -0.05) is 12.2 Å². The number of nitrogens with zero attached hydrogens (tertiary/aromatic N) is 1. The van der Waals surface area contributed by atoms with Crippen LogP contribution in [0.25, 0.3) is 0 Å². The summed E-state index contributed by atoms with van der Waals surface area (Å²) in [6.45, 7) is 0. The standard InChI is InChI=1S/C11H11BrN2O/c12-9-7-13-6-5-10(9)14-11(15)8-3-1-2-4-8/h1-2,5-8H,3-4H2,(H,13,14,15). The first-order valence-electron chi connectivity index (χ1n) is 4.83. The predicted molar refractivity (Wildman–Crippen MR) is 62.4 cm³/mol. The van der Waals surface area contributed by atoms with Crippen molar-refractivity contribution in [3.05, 3.63) is 35.1 Å². The first kappa shape index (κ1) is 10.4. The highest BCUT2D eigenvalue weighted by Gasteiger charge is 2.19. The monoisotopic (exact) mass is 266 g/mol. The van der Waals surface area contributed by atoms with Gasteiger partial charge in [-0.3, -0.25) is 9.78 Å². The molecule has 1 amide bonds. The summed E-state index contributed by atoms with van der Waals surface area (Å²) in [4.78, 5) is 15.7. The number of hydrogen-bond donors (Lipinski definition) is 1. The second kappa shape index (κ2) is 4.57. The van der Waals surface area contributed by atoms with Gasteiger partial charge >= 0.3 is 0 Å². The minimum absolute atomic E-state index is 0.0758. The van der Waals surface area contributed by atoms with Gasteiger partial charge < -0.3 is 5.32 Å². The van der Waals surface area contributed by atoms with Crippen molar-refractivity contribution in [2.45, 2.75) is 12.8 Å². The van der Waals surface area contributed by atoms with E-state index in [9.17, 15) is 4.79 Å². The lowest BCUT2D eigenvalue weighted by molar-refractivity contribution is -0.119. The second-order valence-corrected chi connectivity index (χ2v) is 4.34. The van der Waals surface area contributed by atoms with Crippen molar-refractivity contribution in [1.82, 2.24) is 4.98 Å². The van der Waals surface area contributed by atoms with Crippen molar-refractivity contribution in [1.29, 1.82) is 0 Å². The molecular weight excluding hydrogens is 256 g/mol. The zero-order chi connectivity index (χ0) is 10.7. The zero-order valence-corrected chi connectivity index (χ0v) is 9.70. The van der Waals surface area contributed by atoms with E-state index in [0.717, 1.165) is 23.0 Å². The van der Waals surface area contributed by atoms with Crippen LogP contribution in [0, 0.1) is 5.92 Å². The number of allylic oxidation sites excluding steroid dienone is 2. The summed E-state index contributed by atoms with van der Waals surface area (Å²) >= 11 is 3.34. The largest absolute Gasteiger partial charge is 0.325 e. The first-order chi connectivity index (χ1) is 7.27. The first-order valence-corrected chi connectivity index (χ1v) is 5.62. The number of amides is 1. The normalized spacial score (nSPS) is 15.5. The van der Waals surface area contributed by atoms with E-state index in [0.29, 0.717) is 0 Å². The highest BCUT2D eigenvalue weighted by atomic mass is 79.9. The summed E-state index contributed by atoms with van der Waals surface area (Å²) in [5.74, 6) is 0.164. The third-order valence-electron chi connectivity index (χ3n) is 2.41. The molecule has 0 fully saturated rings. The van der Waals surface area contributed by atoms with Crippen LogP contribution in [0.4, 0.5) is 5.69 Å². The van der Waals surface area contributed by atoms with Gasteiger partial charge in [-0.05, 0) is 34.8 Å². The van der Waals surface area contributed by atoms with Crippen LogP contribution in [-0.2, 0) is 4.79 Å². The Balaban J connectivity index is 2.02. The molecule has 1 heterocycles. The lowest BCUT2D eigenvalue weighted by atomic mass is 10.1. The van der Waals surface area contributed by atoms with Crippen molar-refractivity contribution >= 4 is 27.5 Å². The Bertz CT molecular complexity index is 395. The molecule has 0 unspecified atom stereocenters. The van der Waals surface area contributed by atoms with Gasteiger partial charge in [-0.2, -0.15) is 0 Å². The van der Waals surface area contributed by atoms with E-state index in [1.54, 1.807) is 18.5 Å². The maximum Gasteiger partial charge on any atom is 0.228 e. The van der Waals surface area contributed by atoms with E-state index in [1.807, 2.05) is 12.2 Å². The summed E-state index contributed by atoms with van der Waals surface area (Å²) in [6, 6.07) is 1.78. The molecule has 0 aliphatic heterocycles. The Morgan fingerprint density at radius 3 is 2.87 bits per heavy atom. The van der Waals surface area contributed by atoms with Crippen LogP contribution in [0.5, 0.6) is 0 Å². The Morgan fingerprint density at radius 2 is 2.20 bits per heavy atom. The van der Waals surface area contributed by atoms with Gasteiger partial charge in [0.15, 0.2) is 0 Å². The van der Waals surface area contributed by atoms with Crippen molar-refractivity contribution in [2.24, 2.45) is 5.92 Å². The average molecular weight is 267 g/mol. The number of pyridine rings is 1. The van der Waals surface area contributed by atoms with Crippen LogP contribution in [0.15, 0.2) is 35.1 Å². The minimum Gasteiger partial charge on any atom is -0.325 e. The number of rotatable bonds is 2. The van der Waals surface area contributed by atoms with Gasteiger partial charge in [0.25, 0.3) is 0 Å². The van der Waals surface area contributed by atoms with E-state index in [1.165, 1.54) is 0 Å². The highest BCUT2D eigenvalue weighted by Crippen LogP contribution is 2.23. The molecule has 1 aromatic heterocycles. The number of nitrogens with one attached hydrogen (secondary N) is 1. The van der Waals surface area contributed by atoms with E-state index in [-0.39, 0.29) is 11.8 Å². The summed E-state index contributed by atoms with van der Waals surface area (Å²) in [7, 11) is 0. The van der Waals surface area contributed by atoms with E-state index >= 15 is 0 Å². The van der Waals surface area contributed by atoms with Crippen molar-refractivity contribution in [3.8, 4) is 0 Å². The second-order valence-electron chi connectivity index (χ2n) is 3.48. The number of anilines is 1. The summed E-state index contributed by atoms with van der Waals surface area (Å²) < 4.78 is 0.810. The summed E-state index contributed by atoms with van der Waals surface area (Å²) in [6.07, 6.45) is 9.11. The molecule has 0 radical (unpaired) electrons. The molecule has 0 atom stereocenters. The molecule has 15 heavy (non-hydrogen) atoms. The van der Waals surface area contributed by atoms with Gasteiger partial charge in [0.05, 0.1) is 10.2 Å². The van der Waals surface area contributed by atoms with E-state index in [4.69, 9.17) is 0 Å². The number of carbonyl (C=O) groups is 1. The Labute approximate surface area is 96.7 Å². The number of hydrogen-bond acceptors (Lipinski definition) is 2. The molecule has 0 saturated heterocycles. The van der Waals surface area contributed by atoms with E-state index in [2.05, 4.69) is 26.2 Å². The third-order valence-corrected chi connectivity index (χ3v) is 3.04. The van der Waals surface area contributed by atoms with Crippen molar-refractivity contribution in [2.75, 3.05) is 5.32 Å². The van der Waals surface area contributed by atoms with Gasteiger partial charge in [-0.15, -0.1) is 0 Å². The Morgan fingerprint density at radius 1 is 1.47 bits per heavy atom. The van der Waals surface area contributed by atoms with Gasteiger partial charge in [0.2, 0.25) is 5.91 Å². The summed E-state index contributed by atoms with van der Waals surface area (Å²) in [5.41, 5.74) is 0.780. The van der Waals surface area contributed by atoms with Gasteiger partial charge in [0, 0.05) is 18.3 Å². The summed E-state index contributed by atoms with van der Waals surface area (Å²) in [5, 5.41) is 2.89.